The average molecular weight is 229 g/mol. The van der Waals surface area contributed by atoms with Gasteiger partial charge in [-0.15, -0.1) is 0 Å². The van der Waals surface area contributed by atoms with Gasteiger partial charge in [0, 0.05) is 24.8 Å². The summed E-state index contributed by atoms with van der Waals surface area (Å²) in [6.45, 7) is 6.15. The fourth-order valence-electron chi connectivity index (χ4n) is 2.30. The van der Waals surface area contributed by atoms with E-state index in [2.05, 4.69) is 30.1 Å². The molecule has 1 atom stereocenters. The first kappa shape index (κ1) is 11.9. The van der Waals surface area contributed by atoms with E-state index >= 15 is 0 Å². The fraction of sp³-hybridized carbons (Fsp3) is 0.500. The summed E-state index contributed by atoms with van der Waals surface area (Å²) >= 11 is 0. The van der Waals surface area contributed by atoms with Crippen molar-refractivity contribution in [2.75, 3.05) is 18.4 Å². The van der Waals surface area contributed by atoms with Crippen LogP contribution in [-0.4, -0.2) is 29.6 Å². The third-order valence-electron chi connectivity index (χ3n) is 3.40. The van der Waals surface area contributed by atoms with Crippen LogP contribution in [0.2, 0.25) is 0 Å². The Hall–Kier alpha value is -1.53. The molecule has 0 radical (unpaired) electrons. The van der Waals surface area contributed by atoms with Crippen LogP contribution < -0.4 is 5.32 Å². The lowest BCUT2D eigenvalue weighted by Crippen LogP contribution is -2.41. The van der Waals surface area contributed by atoms with E-state index in [1.807, 2.05) is 30.3 Å². The second kappa shape index (κ2) is 4.77. The monoisotopic (exact) mass is 229 g/mol. The lowest BCUT2D eigenvalue weighted by Gasteiger charge is -2.26. The Labute approximate surface area is 103 Å². The van der Waals surface area contributed by atoms with Crippen molar-refractivity contribution in [1.82, 2.24) is 4.90 Å². The van der Waals surface area contributed by atoms with Crippen LogP contribution in [0.1, 0.15) is 20.3 Å². The normalized spacial score (nSPS) is 24.8. The highest BCUT2D eigenvalue weighted by molar-refractivity contribution is 5.48. The Bertz CT molecular complexity index is 407. The van der Waals surface area contributed by atoms with Crippen LogP contribution in [0.4, 0.5) is 5.69 Å². The maximum absolute atomic E-state index is 9.44. The van der Waals surface area contributed by atoms with Gasteiger partial charge in [0.2, 0.25) is 0 Å². The molecule has 1 N–H and O–H groups in total. The molecule has 0 aliphatic carbocycles. The summed E-state index contributed by atoms with van der Waals surface area (Å²) in [5, 5.41) is 12.8. The number of hydrogen-bond donors (Lipinski definition) is 1. The molecule has 1 heterocycles. The number of rotatable bonds is 3. The maximum atomic E-state index is 9.44. The molecule has 1 fully saturated rings. The minimum absolute atomic E-state index is 0.425. The van der Waals surface area contributed by atoms with E-state index in [9.17, 15) is 5.26 Å². The maximum Gasteiger partial charge on any atom is 0.139 e. The zero-order valence-corrected chi connectivity index (χ0v) is 10.5. The summed E-state index contributed by atoms with van der Waals surface area (Å²) in [7, 11) is 0. The van der Waals surface area contributed by atoms with Crippen molar-refractivity contribution in [3.63, 3.8) is 0 Å². The van der Waals surface area contributed by atoms with Gasteiger partial charge < -0.3 is 5.32 Å². The molecule has 1 saturated heterocycles. The molecular formula is C14H19N3. The van der Waals surface area contributed by atoms with Crippen molar-refractivity contribution in [2.24, 2.45) is 0 Å². The molecule has 3 heteroatoms. The minimum Gasteiger partial charge on any atom is -0.366 e. The minimum atomic E-state index is -0.425. The highest BCUT2D eigenvalue weighted by Crippen LogP contribution is 2.26. The van der Waals surface area contributed by atoms with Crippen LogP contribution in [0.5, 0.6) is 0 Å². The van der Waals surface area contributed by atoms with Crippen LogP contribution in [0.3, 0.4) is 0 Å². The second-order valence-corrected chi connectivity index (χ2v) is 5.00. The van der Waals surface area contributed by atoms with Crippen LogP contribution >= 0.6 is 0 Å². The first-order valence-corrected chi connectivity index (χ1v) is 6.14. The summed E-state index contributed by atoms with van der Waals surface area (Å²) in [6, 6.07) is 12.9. The summed E-state index contributed by atoms with van der Waals surface area (Å²) < 4.78 is 0. The quantitative estimate of drug-likeness (QED) is 0.865. The van der Waals surface area contributed by atoms with E-state index in [-0.39, 0.29) is 0 Å². The van der Waals surface area contributed by atoms with Gasteiger partial charge in [0.15, 0.2) is 0 Å². The van der Waals surface area contributed by atoms with E-state index < -0.39 is 5.54 Å². The highest BCUT2D eigenvalue weighted by Gasteiger charge is 2.39. The number of likely N-dealkylation sites (tertiary alicyclic amines) is 1. The summed E-state index contributed by atoms with van der Waals surface area (Å²) in [5.74, 6) is 0. The zero-order valence-electron chi connectivity index (χ0n) is 10.5. The van der Waals surface area contributed by atoms with Crippen LogP contribution in [0.25, 0.3) is 0 Å². The van der Waals surface area contributed by atoms with Crippen molar-refractivity contribution >= 4 is 5.69 Å². The highest BCUT2D eigenvalue weighted by atomic mass is 15.2. The van der Waals surface area contributed by atoms with Gasteiger partial charge in [0.05, 0.1) is 6.07 Å². The lowest BCUT2D eigenvalue weighted by atomic mass is 10.0. The van der Waals surface area contributed by atoms with E-state index in [4.69, 9.17) is 0 Å². The molecule has 1 unspecified atom stereocenters. The van der Waals surface area contributed by atoms with Gasteiger partial charge in [0.1, 0.15) is 5.54 Å². The van der Waals surface area contributed by atoms with Crippen molar-refractivity contribution in [3.8, 4) is 6.07 Å². The zero-order chi connectivity index (χ0) is 12.3. The summed E-state index contributed by atoms with van der Waals surface area (Å²) in [4.78, 5) is 2.35. The fourth-order valence-corrected chi connectivity index (χ4v) is 2.30. The van der Waals surface area contributed by atoms with E-state index in [0.717, 1.165) is 25.2 Å². The molecule has 3 nitrogen and oxygen atoms in total. The van der Waals surface area contributed by atoms with Crippen molar-refractivity contribution in [2.45, 2.75) is 31.8 Å². The van der Waals surface area contributed by atoms with Crippen molar-refractivity contribution < 1.29 is 0 Å². The Morgan fingerprint density at radius 3 is 2.59 bits per heavy atom. The van der Waals surface area contributed by atoms with Gasteiger partial charge in [-0.05, 0) is 32.4 Å². The number of para-hydroxylation sites is 1. The Morgan fingerprint density at radius 1 is 1.35 bits per heavy atom. The summed E-state index contributed by atoms with van der Waals surface area (Å²) in [6.07, 6.45) is 0.885. The first-order chi connectivity index (χ1) is 8.15. The van der Waals surface area contributed by atoms with Gasteiger partial charge >= 0.3 is 0 Å². The van der Waals surface area contributed by atoms with Crippen molar-refractivity contribution in [3.05, 3.63) is 30.3 Å². The van der Waals surface area contributed by atoms with E-state index in [0.29, 0.717) is 6.04 Å². The predicted molar refractivity (Wildman–Crippen MR) is 69.7 cm³/mol. The standard InChI is InChI=1S/C14H19N3/c1-12(2)17-9-8-14(10-15,11-17)16-13-6-4-3-5-7-13/h3-7,12,16H,8-9,11H2,1-2H3. The molecule has 1 aliphatic rings. The van der Waals surface area contributed by atoms with Crippen LogP contribution in [0, 0.1) is 11.3 Å². The molecule has 1 aliphatic heterocycles. The third kappa shape index (κ3) is 2.59. The Balaban J connectivity index is 2.10. The first-order valence-electron chi connectivity index (χ1n) is 6.14. The molecule has 0 spiro atoms. The second-order valence-electron chi connectivity index (χ2n) is 5.00. The molecule has 90 valence electrons. The van der Waals surface area contributed by atoms with Crippen molar-refractivity contribution in [1.29, 1.82) is 5.26 Å². The topological polar surface area (TPSA) is 39.1 Å². The predicted octanol–water partition coefficient (Wildman–Crippen LogP) is 2.47. The molecule has 0 bridgehead atoms. The molecular weight excluding hydrogens is 210 g/mol. The summed E-state index contributed by atoms with van der Waals surface area (Å²) in [5.41, 5.74) is 0.602. The SMILES string of the molecule is CC(C)N1CCC(C#N)(Nc2ccccc2)C1. The van der Waals surface area contributed by atoms with Crippen LogP contribution in [-0.2, 0) is 0 Å². The van der Waals surface area contributed by atoms with E-state index in [1.54, 1.807) is 0 Å². The number of anilines is 1. The molecule has 0 saturated carbocycles. The third-order valence-corrected chi connectivity index (χ3v) is 3.40. The average Bonchev–Trinajstić information content (AvgIpc) is 2.76. The van der Waals surface area contributed by atoms with Crippen LogP contribution in [0.15, 0.2) is 30.3 Å². The number of nitrogens with one attached hydrogen (secondary N) is 1. The number of hydrogen-bond acceptors (Lipinski definition) is 3. The molecule has 0 amide bonds. The van der Waals surface area contributed by atoms with E-state index in [1.165, 1.54) is 0 Å². The van der Waals surface area contributed by atoms with Gasteiger partial charge in [0.25, 0.3) is 0 Å². The molecule has 1 aromatic rings. The molecule has 1 aromatic carbocycles. The smallest absolute Gasteiger partial charge is 0.139 e. The molecule has 0 aromatic heterocycles. The van der Waals surface area contributed by atoms with Gasteiger partial charge in [-0.2, -0.15) is 5.26 Å². The lowest BCUT2D eigenvalue weighted by molar-refractivity contribution is 0.268. The molecule has 17 heavy (non-hydrogen) atoms. The molecule has 2 rings (SSSR count). The largest absolute Gasteiger partial charge is 0.366 e. The number of nitrogens with zero attached hydrogens (tertiary/aromatic N) is 2. The van der Waals surface area contributed by atoms with Gasteiger partial charge in [-0.25, -0.2) is 0 Å². The number of nitriles is 1. The Morgan fingerprint density at radius 2 is 2.06 bits per heavy atom. The van der Waals surface area contributed by atoms with Gasteiger partial charge in [-0.1, -0.05) is 18.2 Å². The number of benzene rings is 1. The van der Waals surface area contributed by atoms with Gasteiger partial charge in [-0.3, -0.25) is 4.90 Å². The Kier molecular flexibility index (Phi) is 3.35.